The number of hydrogen-bond donors (Lipinski definition) is 2. The fourth-order valence-corrected chi connectivity index (χ4v) is 1.59. The van der Waals surface area contributed by atoms with E-state index in [1.807, 2.05) is 20.8 Å². The van der Waals surface area contributed by atoms with Crippen molar-refractivity contribution in [2.45, 2.75) is 46.2 Å². The van der Waals surface area contributed by atoms with Crippen molar-refractivity contribution in [2.75, 3.05) is 0 Å². The van der Waals surface area contributed by atoms with Crippen LogP contribution in [0, 0.1) is 0 Å². The average Bonchev–Trinajstić information content (AvgIpc) is 2.27. The molecule has 0 fully saturated rings. The summed E-state index contributed by atoms with van der Waals surface area (Å²) < 4.78 is 1.36. The highest BCUT2D eigenvalue weighted by molar-refractivity contribution is 5.76. The Morgan fingerprint density at radius 2 is 2.11 bits per heavy atom. The van der Waals surface area contributed by atoms with Gasteiger partial charge in [-0.25, -0.2) is 4.79 Å². The molecule has 1 amide bonds. The van der Waals surface area contributed by atoms with Gasteiger partial charge in [-0.2, -0.15) is 0 Å². The molecule has 0 atom stereocenters. The third-order valence-electron chi connectivity index (χ3n) is 2.49. The third-order valence-corrected chi connectivity index (χ3v) is 2.49. The minimum atomic E-state index is -0.477. The molecule has 1 heterocycles. The van der Waals surface area contributed by atoms with E-state index in [1.54, 1.807) is 0 Å². The maximum atomic E-state index is 11.5. The van der Waals surface area contributed by atoms with Gasteiger partial charge in [0.05, 0.1) is 0 Å². The van der Waals surface area contributed by atoms with Gasteiger partial charge in [0, 0.05) is 30.8 Å². The van der Waals surface area contributed by atoms with E-state index in [2.05, 4.69) is 10.3 Å². The minimum Gasteiger partial charge on any atom is -0.354 e. The van der Waals surface area contributed by atoms with Crippen LogP contribution in [0.2, 0.25) is 0 Å². The molecule has 6 nitrogen and oxygen atoms in total. The molecule has 100 valence electrons. The van der Waals surface area contributed by atoms with Gasteiger partial charge in [0.25, 0.3) is 5.56 Å². The van der Waals surface area contributed by atoms with Gasteiger partial charge in [-0.3, -0.25) is 19.1 Å². The first-order valence-electron chi connectivity index (χ1n) is 6.06. The lowest BCUT2D eigenvalue weighted by atomic mass is 10.2. The Labute approximate surface area is 105 Å². The summed E-state index contributed by atoms with van der Waals surface area (Å²) >= 11 is 0. The molecule has 0 radical (unpaired) electrons. The molecule has 0 aliphatic heterocycles. The SMILES string of the molecule is CCc1cn(CCC(=O)NC(C)C)c(=O)[nH]c1=O. The summed E-state index contributed by atoms with van der Waals surface area (Å²) in [6, 6.07) is 0.0796. The zero-order chi connectivity index (χ0) is 13.7. The lowest BCUT2D eigenvalue weighted by Crippen LogP contribution is -2.34. The maximum Gasteiger partial charge on any atom is 0.328 e. The van der Waals surface area contributed by atoms with Crippen LogP contribution in [0.4, 0.5) is 0 Å². The molecule has 0 spiro atoms. The number of aromatic amines is 1. The molecule has 6 heteroatoms. The zero-order valence-corrected chi connectivity index (χ0v) is 10.9. The lowest BCUT2D eigenvalue weighted by Gasteiger charge is -2.09. The van der Waals surface area contributed by atoms with Crippen molar-refractivity contribution in [1.29, 1.82) is 0 Å². The summed E-state index contributed by atoms with van der Waals surface area (Å²) in [5.41, 5.74) is -0.293. The second-order valence-corrected chi connectivity index (χ2v) is 4.43. The number of amides is 1. The number of nitrogens with zero attached hydrogens (tertiary/aromatic N) is 1. The number of nitrogens with one attached hydrogen (secondary N) is 2. The van der Waals surface area contributed by atoms with Gasteiger partial charge in [-0.15, -0.1) is 0 Å². The summed E-state index contributed by atoms with van der Waals surface area (Å²) in [6.45, 7) is 5.85. The number of aromatic nitrogens is 2. The monoisotopic (exact) mass is 253 g/mol. The van der Waals surface area contributed by atoms with Gasteiger partial charge in [0.2, 0.25) is 5.91 Å². The third kappa shape index (κ3) is 3.87. The lowest BCUT2D eigenvalue weighted by molar-refractivity contribution is -0.121. The molecule has 1 aromatic rings. The number of H-pyrrole nitrogens is 1. The highest BCUT2D eigenvalue weighted by atomic mass is 16.2. The summed E-state index contributed by atoms with van der Waals surface area (Å²) in [4.78, 5) is 36.6. The predicted octanol–water partition coefficient (Wildman–Crippen LogP) is 0.0137. The second kappa shape index (κ2) is 6.18. The quantitative estimate of drug-likeness (QED) is 0.775. The van der Waals surface area contributed by atoms with Crippen LogP contribution < -0.4 is 16.6 Å². The summed E-state index contributed by atoms with van der Waals surface area (Å²) in [7, 11) is 0. The van der Waals surface area contributed by atoms with Crippen molar-refractivity contribution >= 4 is 5.91 Å². The molecule has 0 aliphatic rings. The van der Waals surface area contributed by atoms with Crippen LogP contribution in [0.15, 0.2) is 15.8 Å². The normalized spacial score (nSPS) is 10.7. The standard InChI is InChI=1S/C12H19N3O3/c1-4-9-7-15(12(18)14-11(9)17)6-5-10(16)13-8(2)3/h7-8H,4-6H2,1-3H3,(H,13,16)(H,14,17,18). The number of aryl methyl sites for hydroxylation is 2. The minimum absolute atomic E-state index is 0.0796. The van der Waals surface area contributed by atoms with Gasteiger partial charge >= 0.3 is 5.69 Å². The first-order chi connectivity index (χ1) is 8.43. The molecule has 0 unspecified atom stereocenters. The summed E-state index contributed by atoms with van der Waals surface area (Å²) in [6.07, 6.45) is 2.28. The van der Waals surface area contributed by atoms with Crippen molar-refractivity contribution < 1.29 is 4.79 Å². The van der Waals surface area contributed by atoms with Crippen LogP contribution in [0.3, 0.4) is 0 Å². The Morgan fingerprint density at radius 3 is 2.67 bits per heavy atom. The molecule has 2 N–H and O–H groups in total. The highest BCUT2D eigenvalue weighted by Gasteiger charge is 2.06. The van der Waals surface area contributed by atoms with Crippen molar-refractivity contribution in [3.8, 4) is 0 Å². The fraction of sp³-hybridized carbons (Fsp3) is 0.583. The first-order valence-corrected chi connectivity index (χ1v) is 6.06. The predicted molar refractivity (Wildman–Crippen MR) is 68.6 cm³/mol. The smallest absolute Gasteiger partial charge is 0.328 e. The molecule has 0 aliphatic carbocycles. The van der Waals surface area contributed by atoms with Crippen molar-refractivity contribution in [3.63, 3.8) is 0 Å². The maximum absolute atomic E-state index is 11.5. The highest BCUT2D eigenvalue weighted by Crippen LogP contribution is 1.92. The molecule has 0 saturated carbocycles. The topological polar surface area (TPSA) is 84.0 Å². The number of carbonyl (C=O) groups excluding carboxylic acids is 1. The molecule has 1 rings (SSSR count). The van der Waals surface area contributed by atoms with Crippen molar-refractivity contribution in [3.05, 3.63) is 32.6 Å². The first kappa shape index (κ1) is 14.2. The van der Waals surface area contributed by atoms with Crippen LogP contribution in [0.1, 0.15) is 32.8 Å². The van der Waals surface area contributed by atoms with Crippen molar-refractivity contribution in [1.82, 2.24) is 14.9 Å². The molecule has 1 aromatic heterocycles. The Balaban J connectivity index is 2.76. The molecular weight excluding hydrogens is 234 g/mol. The van der Waals surface area contributed by atoms with E-state index in [-0.39, 0.29) is 30.5 Å². The second-order valence-electron chi connectivity index (χ2n) is 4.43. The summed E-state index contributed by atoms with van der Waals surface area (Å²) in [5.74, 6) is -0.110. The van der Waals surface area contributed by atoms with Gasteiger partial charge in [-0.1, -0.05) is 6.92 Å². The largest absolute Gasteiger partial charge is 0.354 e. The van der Waals surface area contributed by atoms with Crippen LogP contribution >= 0.6 is 0 Å². The van der Waals surface area contributed by atoms with Gasteiger partial charge < -0.3 is 5.32 Å². The number of rotatable bonds is 5. The molecule has 0 bridgehead atoms. The van der Waals surface area contributed by atoms with Crippen molar-refractivity contribution in [2.24, 2.45) is 0 Å². The average molecular weight is 253 g/mol. The van der Waals surface area contributed by atoms with Crippen LogP contribution in [0.5, 0.6) is 0 Å². The van der Waals surface area contributed by atoms with E-state index >= 15 is 0 Å². The molecule has 0 aromatic carbocycles. The van der Waals surface area contributed by atoms with Crippen LogP contribution in [0.25, 0.3) is 0 Å². The van der Waals surface area contributed by atoms with E-state index in [0.717, 1.165) is 0 Å². The van der Waals surface area contributed by atoms with E-state index in [1.165, 1.54) is 10.8 Å². The summed E-state index contributed by atoms with van der Waals surface area (Å²) in [5, 5.41) is 2.75. The van der Waals surface area contributed by atoms with E-state index in [9.17, 15) is 14.4 Å². The number of hydrogen-bond acceptors (Lipinski definition) is 3. The number of carbonyl (C=O) groups is 1. The van der Waals surface area contributed by atoms with Crippen LogP contribution in [-0.4, -0.2) is 21.5 Å². The Hall–Kier alpha value is -1.85. The van der Waals surface area contributed by atoms with Gasteiger partial charge in [0.15, 0.2) is 0 Å². The Kier molecular flexibility index (Phi) is 4.88. The van der Waals surface area contributed by atoms with Gasteiger partial charge in [0.1, 0.15) is 0 Å². The van der Waals surface area contributed by atoms with E-state index in [0.29, 0.717) is 12.0 Å². The van der Waals surface area contributed by atoms with E-state index in [4.69, 9.17) is 0 Å². The molecule has 0 saturated heterocycles. The molecular formula is C12H19N3O3. The Bertz CT molecular complexity index is 528. The van der Waals surface area contributed by atoms with Gasteiger partial charge in [-0.05, 0) is 20.3 Å². The van der Waals surface area contributed by atoms with E-state index < -0.39 is 5.69 Å². The Morgan fingerprint density at radius 1 is 1.44 bits per heavy atom. The van der Waals surface area contributed by atoms with Crippen LogP contribution in [-0.2, 0) is 17.8 Å². The zero-order valence-electron chi connectivity index (χ0n) is 10.9. The fourth-order valence-electron chi connectivity index (χ4n) is 1.59. The molecule has 18 heavy (non-hydrogen) atoms.